The van der Waals surface area contributed by atoms with Gasteiger partial charge in [0.1, 0.15) is 5.75 Å². The molecular formula is C23H31N3O2. The minimum absolute atomic E-state index is 0.205. The number of anilines is 1. The number of rotatable bonds is 5. The number of piperidine rings is 1. The van der Waals surface area contributed by atoms with Crippen molar-refractivity contribution in [1.82, 2.24) is 4.90 Å². The molecule has 2 N–H and O–H groups in total. The van der Waals surface area contributed by atoms with Crippen LogP contribution < -0.4 is 15.4 Å². The van der Waals surface area contributed by atoms with Crippen LogP contribution in [0.3, 0.4) is 0 Å². The van der Waals surface area contributed by atoms with Crippen LogP contribution in [-0.2, 0) is 4.74 Å². The molecule has 150 valence electrons. The Bertz CT molecular complexity index is 757. The molecule has 2 heterocycles. The molecule has 0 radical (unpaired) electrons. The van der Waals surface area contributed by atoms with Crippen molar-refractivity contribution in [1.29, 1.82) is 0 Å². The Kier molecular flexibility index (Phi) is 6.15. The van der Waals surface area contributed by atoms with E-state index in [2.05, 4.69) is 46.2 Å². The first-order valence-electron chi connectivity index (χ1n) is 10.3. The molecule has 2 aliphatic rings. The molecule has 5 nitrogen and oxygen atoms in total. The van der Waals surface area contributed by atoms with Gasteiger partial charge in [-0.2, -0.15) is 0 Å². The minimum atomic E-state index is 0.205. The van der Waals surface area contributed by atoms with Crippen molar-refractivity contribution in [2.75, 3.05) is 51.3 Å². The number of methoxy groups -OCH3 is 1. The quantitative estimate of drug-likeness (QED) is 0.863. The van der Waals surface area contributed by atoms with Crippen LogP contribution in [0.4, 0.5) is 5.69 Å². The third-order valence-electron chi connectivity index (χ3n) is 6.05. The van der Waals surface area contributed by atoms with Gasteiger partial charge in [0.05, 0.1) is 19.8 Å². The molecule has 0 bridgehead atoms. The third kappa shape index (κ3) is 4.32. The van der Waals surface area contributed by atoms with Crippen molar-refractivity contribution < 1.29 is 9.47 Å². The molecule has 28 heavy (non-hydrogen) atoms. The highest BCUT2D eigenvalue weighted by atomic mass is 16.5. The molecule has 2 fully saturated rings. The van der Waals surface area contributed by atoms with Crippen LogP contribution in [-0.4, -0.2) is 63.5 Å². The summed E-state index contributed by atoms with van der Waals surface area (Å²) in [6, 6.07) is 17.8. The van der Waals surface area contributed by atoms with Gasteiger partial charge in [-0.1, -0.05) is 24.3 Å². The van der Waals surface area contributed by atoms with Crippen LogP contribution in [0.2, 0.25) is 0 Å². The molecule has 0 aromatic heterocycles. The van der Waals surface area contributed by atoms with E-state index in [4.69, 9.17) is 15.2 Å². The fourth-order valence-electron chi connectivity index (χ4n) is 4.37. The molecule has 1 unspecified atom stereocenters. The van der Waals surface area contributed by atoms with Gasteiger partial charge in [0.2, 0.25) is 0 Å². The SMILES string of the molecule is COc1cccc(-c2ccc(N3CCC(N4CCOC(CN)C4)CC3)cc2)c1. The average Bonchev–Trinajstić information content (AvgIpc) is 2.79. The lowest BCUT2D eigenvalue weighted by Crippen LogP contribution is -2.53. The summed E-state index contributed by atoms with van der Waals surface area (Å²) in [6.45, 7) is 5.66. The Morgan fingerprint density at radius 1 is 1.04 bits per heavy atom. The van der Waals surface area contributed by atoms with Crippen LogP contribution >= 0.6 is 0 Å². The lowest BCUT2D eigenvalue weighted by atomic mass is 10.0. The monoisotopic (exact) mass is 381 g/mol. The van der Waals surface area contributed by atoms with Gasteiger partial charge in [0.25, 0.3) is 0 Å². The standard InChI is InChI=1S/C23H31N3O2/c1-27-22-4-2-3-19(15-22)18-5-7-20(8-6-18)25-11-9-21(10-12-25)26-13-14-28-23(16-24)17-26/h2-8,15,21,23H,9-14,16-17,24H2,1H3. The Morgan fingerprint density at radius 3 is 2.54 bits per heavy atom. The molecule has 0 aliphatic carbocycles. The van der Waals surface area contributed by atoms with E-state index in [1.54, 1.807) is 7.11 Å². The Balaban J connectivity index is 1.36. The largest absolute Gasteiger partial charge is 0.497 e. The molecular weight excluding hydrogens is 350 g/mol. The summed E-state index contributed by atoms with van der Waals surface area (Å²) in [5.74, 6) is 0.892. The zero-order valence-electron chi connectivity index (χ0n) is 16.7. The van der Waals surface area contributed by atoms with Crippen molar-refractivity contribution in [3.63, 3.8) is 0 Å². The van der Waals surface area contributed by atoms with E-state index in [0.717, 1.165) is 38.5 Å². The van der Waals surface area contributed by atoms with Crippen molar-refractivity contribution in [3.8, 4) is 16.9 Å². The molecule has 4 rings (SSSR count). The van der Waals surface area contributed by atoms with E-state index in [-0.39, 0.29) is 6.10 Å². The van der Waals surface area contributed by atoms with Crippen molar-refractivity contribution in [2.45, 2.75) is 25.0 Å². The topological polar surface area (TPSA) is 51.0 Å². The molecule has 2 saturated heterocycles. The van der Waals surface area contributed by atoms with Crippen LogP contribution in [0.1, 0.15) is 12.8 Å². The molecule has 2 aliphatic heterocycles. The second-order valence-electron chi connectivity index (χ2n) is 7.72. The van der Waals surface area contributed by atoms with Gasteiger partial charge in [-0.25, -0.2) is 0 Å². The van der Waals surface area contributed by atoms with Gasteiger partial charge in [-0.15, -0.1) is 0 Å². The lowest BCUT2D eigenvalue weighted by molar-refractivity contribution is -0.0416. The van der Waals surface area contributed by atoms with Gasteiger partial charge >= 0.3 is 0 Å². The molecule has 5 heteroatoms. The van der Waals surface area contributed by atoms with E-state index >= 15 is 0 Å². The number of nitrogens with zero attached hydrogens (tertiary/aromatic N) is 2. The first-order valence-corrected chi connectivity index (χ1v) is 10.3. The number of nitrogens with two attached hydrogens (primary N) is 1. The maximum Gasteiger partial charge on any atom is 0.119 e. The fourth-order valence-corrected chi connectivity index (χ4v) is 4.37. The molecule has 2 aromatic rings. The average molecular weight is 382 g/mol. The summed E-state index contributed by atoms with van der Waals surface area (Å²) in [5, 5.41) is 0. The van der Waals surface area contributed by atoms with Gasteiger partial charge in [0.15, 0.2) is 0 Å². The predicted octanol–water partition coefficient (Wildman–Crippen LogP) is 2.99. The zero-order valence-corrected chi connectivity index (χ0v) is 16.7. The molecule has 0 amide bonds. The van der Waals surface area contributed by atoms with Gasteiger partial charge in [-0.05, 0) is 48.2 Å². The van der Waals surface area contributed by atoms with Gasteiger partial charge in [-0.3, -0.25) is 4.90 Å². The van der Waals surface area contributed by atoms with Crippen molar-refractivity contribution in [3.05, 3.63) is 48.5 Å². The number of hydrogen-bond acceptors (Lipinski definition) is 5. The van der Waals surface area contributed by atoms with Crippen LogP contribution in [0.5, 0.6) is 5.75 Å². The highest BCUT2D eigenvalue weighted by Crippen LogP contribution is 2.28. The van der Waals surface area contributed by atoms with E-state index in [9.17, 15) is 0 Å². The van der Waals surface area contributed by atoms with Crippen molar-refractivity contribution in [2.24, 2.45) is 5.73 Å². The lowest BCUT2D eigenvalue weighted by Gasteiger charge is -2.42. The number of hydrogen-bond donors (Lipinski definition) is 1. The summed E-state index contributed by atoms with van der Waals surface area (Å²) in [4.78, 5) is 5.09. The Labute approximate surface area is 168 Å². The van der Waals surface area contributed by atoms with Crippen LogP contribution in [0, 0.1) is 0 Å². The normalized spacial score (nSPS) is 21.6. The third-order valence-corrected chi connectivity index (χ3v) is 6.05. The second kappa shape index (κ2) is 8.95. The second-order valence-corrected chi connectivity index (χ2v) is 7.72. The summed E-state index contributed by atoms with van der Waals surface area (Å²) in [7, 11) is 1.71. The highest BCUT2D eigenvalue weighted by Gasteiger charge is 2.28. The summed E-state index contributed by atoms with van der Waals surface area (Å²) < 4.78 is 11.1. The summed E-state index contributed by atoms with van der Waals surface area (Å²) in [5.41, 5.74) is 9.52. The Morgan fingerprint density at radius 2 is 1.82 bits per heavy atom. The number of benzene rings is 2. The van der Waals surface area contributed by atoms with E-state index in [0.29, 0.717) is 12.6 Å². The maximum absolute atomic E-state index is 5.80. The maximum atomic E-state index is 5.80. The molecule has 0 spiro atoms. The number of ether oxygens (including phenoxy) is 2. The first-order chi connectivity index (χ1) is 13.8. The smallest absolute Gasteiger partial charge is 0.119 e. The van der Waals surface area contributed by atoms with Crippen molar-refractivity contribution >= 4 is 5.69 Å². The highest BCUT2D eigenvalue weighted by molar-refractivity contribution is 5.67. The molecule has 0 saturated carbocycles. The summed E-state index contributed by atoms with van der Waals surface area (Å²) in [6.07, 6.45) is 2.61. The fraction of sp³-hybridized carbons (Fsp3) is 0.478. The van der Waals surface area contributed by atoms with E-state index in [1.165, 1.54) is 29.7 Å². The van der Waals surface area contributed by atoms with Crippen LogP contribution in [0.15, 0.2) is 48.5 Å². The first kappa shape index (κ1) is 19.2. The summed E-state index contributed by atoms with van der Waals surface area (Å²) >= 11 is 0. The van der Waals surface area contributed by atoms with Crippen LogP contribution in [0.25, 0.3) is 11.1 Å². The van der Waals surface area contributed by atoms with E-state index < -0.39 is 0 Å². The van der Waals surface area contributed by atoms with Gasteiger partial charge < -0.3 is 20.1 Å². The molecule has 2 aromatic carbocycles. The molecule has 1 atom stereocenters. The zero-order chi connectivity index (χ0) is 19.3. The number of morpholine rings is 1. The van der Waals surface area contributed by atoms with E-state index in [1.807, 2.05) is 12.1 Å². The predicted molar refractivity (Wildman–Crippen MR) is 114 cm³/mol. The van der Waals surface area contributed by atoms with Gasteiger partial charge in [0, 0.05) is 44.5 Å². The minimum Gasteiger partial charge on any atom is -0.497 e. The Hall–Kier alpha value is -2.08.